The summed E-state index contributed by atoms with van der Waals surface area (Å²) < 4.78 is 38.9. The molecule has 1 heterocycles. The number of hydrogen-bond acceptors (Lipinski definition) is 6. The normalized spacial score (nSPS) is 12.5. The van der Waals surface area contributed by atoms with E-state index in [1.165, 1.54) is 4.31 Å². The molecule has 170 valence electrons. The highest BCUT2D eigenvalue weighted by Gasteiger charge is 2.27. The van der Waals surface area contributed by atoms with Gasteiger partial charge in [0.1, 0.15) is 22.2 Å². The highest BCUT2D eigenvalue weighted by Crippen LogP contribution is 2.22. The molecule has 0 amide bonds. The summed E-state index contributed by atoms with van der Waals surface area (Å²) in [5.41, 5.74) is 1.90. The molecule has 3 rings (SSSR count). The monoisotopic (exact) mass is 520 g/mol. The first-order chi connectivity index (χ1) is 15.3. The number of aromatic nitrogens is 1. The topological polar surface area (TPSA) is 89.0 Å². The van der Waals surface area contributed by atoms with E-state index in [9.17, 15) is 13.5 Å². The SMILES string of the molecule is COc1ccc(CN(Cc2ccc(OC)cc2)S(=O)(=O)CC(O)c2cccc(Br)n2)cc1. The van der Waals surface area contributed by atoms with Gasteiger partial charge in [0, 0.05) is 13.1 Å². The third-order valence-corrected chi connectivity index (χ3v) is 7.10. The van der Waals surface area contributed by atoms with Crippen molar-refractivity contribution in [3.63, 3.8) is 0 Å². The molecule has 3 aromatic rings. The zero-order chi connectivity index (χ0) is 23.1. The van der Waals surface area contributed by atoms with E-state index in [4.69, 9.17) is 9.47 Å². The summed E-state index contributed by atoms with van der Waals surface area (Å²) in [6.07, 6.45) is -1.26. The van der Waals surface area contributed by atoms with E-state index < -0.39 is 21.9 Å². The molecule has 0 aliphatic rings. The fourth-order valence-corrected chi connectivity index (χ4v) is 4.95. The largest absolute Gasteiger partial charge is 0.497 e. The molecule has 1 atom stereocenters. The Bertz CT molecular complexity index is 1070. The van der Waals surface area contributed by atoms with Gasteiger partial charge in [-0.15, -0.1) is 0 Å². The van der Waals surface area contributed by atoms with E-state index in [1.54, 1.807) is 56.7 Å². The van der Waals surface area contributed by atoms with Crippen LogP contribution in [0.3, 0.4) is 0 Å². The Morgan fingerprint density at radius 1 is 0.906 bits per heavy atom. The summed E-state index contributed by atoms with van der Waals surface area (Å²) in [7, 11) is -0.692. The second kappa shape index (κ2) is 10.9. The Kier molecular flexibility index (Phi) is 8.25. The van der Waals surface area contributed by atoms with Crippen molar-refractivity contribution in [2.45, 2.75) is 19.2 Å². The molecule has 0 saturated carbocycles. The van der Waals surface area contributed by atoms with Gasteiger partial charge in [-0.25, -0.2) is 13.4 Å². The molecule has 0 fully saturated rings. The Morgan fingerprint density at radius 3 is 1.84 bits per heavy atom. The number of aliphatic hydroxyl groups excluding tert-OH is 1. The van der Waals surface area contributed by atoms with Gasteiger partial charge in [-0.2, -0.15) is 4.31 Å². The van der Waals surface area contributed by atoms with Crippen LogP contribution in [0.1, 0.15) is 22.9 Å². The first-order valence-electron chi connectivity index (χ1n) is 9.85. The van der Waals surface area contributed by atoms with Crippen molar-refractivity contribution in [1.29, 1.82) is 0 Å². The summed E-state index contributed by atoms with van der Waals surface area (Å²) in [6.45, 7) is 0.300. The van der Waals surface area contributed by atoms with E-state index in [1.807, 2.05) is 24.3 Å². The number of rotatable bonds is 10. The Labute approximate surface area is 196 Å². The third-order valence-electron chi connectivity index (χ3n) is 4.88. The lowest BCUT2D eigenvalue weighted by molar-refractivity contribution is 0.194. The quantitative estimate of drug-likeness (QED) is 0.407. The van der Waals surface area contributed by atoms with Crippen molar-refractivity contribution in [2.75, 3.05) is 20.0 Å². The third kappa shape index (κ3) is 6.52. The number of nitrogens with zero attached hydrogens (tertiary/aromatic N) is 2. The van der Waals surface area contributed by atoms with Gasteiger partial charge in [-0.05, 0) is 63.5 Å². The number of ether oxygens (including phenoxy) is 2. The molecule has 0 bridgehead atoms. The lowest BCUT2D eigenvalue weighted by Gasteiger charge is -2.24. The number of pyridine rings is 1. The average molecular weight is 521 g/mol. The maximum Gasteiger partial charge on any atom is 0.217 e. The van der Waals surface area contributed by atoms with E-state index >= 15 is 0 Å². The summed E-state index contributed by atoms with van der Waals surface area (Å²) in [5.74, 6) is 0.895. The van der Waals surface area contributed by atoms with Crippen LogP contribution in [-0.2, 0) is 23.1 Å². The molecule has 2 aromatic carbocycles. The van der Waals surface area contributed by atoms with Gasteiger partial charge in [-0.3, -0.25) is 0 Å². The van der Waals surface area contributed by atoms with Gasteiger partial charge in [0.05, 0.1) is 25.7 Å². The lowest BCUT2D eigenvalue weighted by atomic mass is 10.2. The fourth-order valence-electron chi connectivity index (χ4n) is 3.12. The number of aliphatic hydroxyl groups is 1. The van der Waals surface area contributed by atoms with Crippen molar-refractivity contribution in [3.8, 4) is 11.5 Å². The Morgan fingerprint density at radius 2 is 1.41 bits per heavy atom. The summed E-state index contributed by atoms with van der Waals surface area (Å²) in [5, 5.41) is 10.6. The van der Waals surface area contributed by atoms with Crippen LogP contribution in [0.4, 0.5) is 0 Å². The summed E-state index contributed by atoms with van der Waals surface area (Å²) >= 11 is 3.25. The van der Waals surface area contributed by atoms with Crippen LogP contribution < -0.4 is 9.47 Å². The fraction of sp³-hybridized carbons (Fsp3) is 0.261. The van der Waals surface area contributed by atoms with Crippen LogP contribution in [0.15, 0.2) is 71.3 Å². The van der Waals surface area contributed by atoms with Crippen molar-refractivity contribution in [2.24, 2.45) is 0 Å². The van der Waals surface area contributed by atoms with E-state index in [2.05, 4.69) is 20.9 Å². The Hall–Kier alpha value is -2.46. The number of sulfonamides is 1. The predicted octanol–water partition coefficient (Wildman–Crippen LogP) is 3.93. The molecule has 0 saturated heterocycles. The van der Waals surface area contributed by atoms with Crippen LogP contribution in [0.5, 0.6) is 11.5 Å². The molecular formula is C23H25BrN2O5S. The van der Waals surface area contributed by atoms with Gasteiger partial charge >= 0.3 is 0 Å². The van der Waals surface area contributed by atoms with E-state index in [0.717, 1.165) is 11.1 Å². The first-order valence-corrected chi connectivity index (χ1v) is 12.2. The number of halogens is 1. The Balaban J connectivity index is 1.85. The number of benzene rings is 2. The van der Waals surface area contributed by atoms with Crippen molar-refractivity contribution in [3.05, 3.63) is 88.2 Å². The van der Waals surface area contributed by atoms with Crippen molar-refractivity contribution in [1.82, 2.24) is 9.29 Å². The minimum Gasteiger partial charge on any atom is -0.497 e. The second-order valence-electron chi connectivity index (χ2n) is 7.14. The molecule has 1 N–H and O–H groups in total. The lowest BCUT2D eigenvalue weighted by Crippen LogP contribution is -2.34. The van der Waals surface area contributed by atoms with E-state index in [0.29, 0.717) is 16.1 Å². The number of methoxy groups -OCH3 is 2. The molecule has 0 aliphatic heterocycles. The summed E-state index contributed by atoms with van der Waals surface area (Å²) in [4.78, 5) is 4.18. The van der Waals surface area contributed by atoms with E-state index in [-0.39, 0.29) is 18.8 Å². The van der Waals surface area contributed by atoms with Crippen LogP contribution in [0.25, 0.3) is 0 Å². The maximum absolute atomic E-state index is 13.3. The minimum absolute atomic E-state index is 0.150. The van der Waals surface area contributed by atoms with Crippen LogP contribution in [0, 0.1) is 0 Å². The first kappa shape index (κ1) is 24.2. The van der Waals surface area contributed by atoms with Crippen molar-refractivity contribution < 1.29 is 23.0 Å². The van der Waals surface area contributed by atoms with Crippen molar-refractivity contribution >= 4 is 26.0 Å². The molecule has 0 spiro atoms. The highest BCUT2D eigenvalue weighted by molar-refractivity contribution is 9.10. The molecule has 1 unspecified atom stereocenters. The van der Waals surface area contributed by atoms with Gasteiger partial charge in [0.15, 0.2) is 0 Å². The second-order valence-corrected chi connectivity index (χ2v) is 9.97. The van der Waals surface area contributed by atoms with Gasteiger partial charge in [0.25, 0.3) is 0 Å². The molecule has 7 nitrogen and oxygen atoms in total. The zero-order valence-corrected chi connectivity index (χ0v) is 20.2. The molecule has 32 heavy (non-hydrogen) atoms. The standard InChI is InChI=1S/C23H25BrN2O5S/c1-30-19-10-6-17(7-11-19)14-26(15-18-8-12-20(31-2)13-9-18)32(28,29)16-22(27)21-4-3-5-23(24)25-21/h3-13,22,27H,14-16H2,1-2H3. The molecule has 0 radical (unpaired) electrons. The molecule has 0 aliphatic carbocycles. The zero-order valence-electron chi connectivity index (χ0n) is 17.8. The van der Waals surface area contributed by atoms with Crippen LogP contribution in [0.2, 0.25) is 0 Å². The van der Waals surface area contributed by atoms with Crippen LogP contribution >= 0.6 is 15.9 Å². The number of hydrogen-bond donors (Lipinski definition) is 1. The van der Waals surface area contributed by atoms with Gasteiger partial charge < -0.3 is 14.6 Å². The maximum atomic E-state index is 13.3. The predicted molar refractivity (Wildman–Crippen MR) is 126 cm³/mol. The molecular weight excluding hydrogens is 496 g/mol. The van der Waals surface area contributed by atoms with Gasteiger partial charge in [0.2, 0.25) is 10.0 Å². The van der Waals surface area contributed by atoms with Gasteiger partial charge in [-0.1, -0.05) is 30.3 Å². The van der Waals surface area contributed by atoms with Crippen LogP contribution in [-0.4, -0.2) is 42.8 Å². The minimum atomic E-state index is -3.84. The average Bonchev–Trinajstić information content (AvgIpc) is 2.79. The molecule has 1 aromatic heterocycles. The molecule has 9 heteroatoms. The highest BCUT2D eigenvalue weighted by atomic mass is 79.9. The summed E-state index contributed by atoms with van der Waals surface area (Å²) in [6, 6.07) is 19.4. The smallest absolute Gasteiger partial charge is 0.217 e.